The number of nitrogens with two attached hydrogens (primary N) is 1. The van der Waals surface area contributed by atoms with Crippen molar-refractivity contribution < 1.29 is 5.11 Å². The van der Waals surface area contributed by atoms with Crippen molar-refractivity contribution in [2.24, 2.45) is 10.7 Å². The van der Waals surface area contributed by atoms with Gasteiger partial charge in [0.2, 0.25) is 0 Å². The summed E-state index contributed by atoms with van der Waals surface area (Å²) in [4.78, 5) is 6.54. The van der Waals surface area contributed by atoms with Gasteiger partial charge in [-0.1, -0.05) is 12.1 Å². The minimum absolute atomic E-state index is 0. The Kier molecular flexibility index (Phi) is 7.37. The van der Waals surface area contributed by atoms with E-state index in [-0.39, 0.29) is 24.0 Å². The molecule has 1 aromatic rings. The molecular weight excluding hydrogens is 373 g/mol. The molecule has 1 aromatic carbocycles. The van der Waals surface area contributed by atoms with Gasteiger partial charge in [0.25, 0.3) is 0 Å². The first-order valence-electron chi connectivity index (χ1n) is 6.16. The summed E-state index contributed by atoms with van der Waals surface area (Å²) >= 11 is 1.96. The summed E-state index contributed by atoms with van der Waals surface area (Å²) in [6, 6.07) is 7.28. The summed E-state index contributed by atoms with van der Waals surface area (Å²) < 4.78 is 0. The number of halogens is 1. The van der Waals surface area contributed by atoms with Crippen LogP contribution in [0.25, 0.3) is 0 Å². The third-order valence-electron chi connectivity index (χ3n) is 2.92. The van der Waals surface area contributed by atoms with Gasteiger partial charge in [-0.25, -0.2) is 0 Å². The summed E-state index contributed by atoms with van der Waals surface area (Å²) in [6.45, 7) is 2.65. The number of hydrogen-bond acceptors (Lipinski definition) is 3. The molecule has 0 unspecified atom stereocenters. The number of nitrogens with zero attached hydrogens (tertiary/aromatic N) is 2. The van der Waals surface area contributed by atoms with Crippen molar-refractivity contribution in [1.29, 1.82) is 0 Å². The second-order valence-corrected chi connectivity index (χ2v) is 5.48. The summed E-state index contributed by atoms with van der Waals surface area (Å²) in [6.07, 6.45) is 0.803. The van der Waals surface area contributed by atoms with Crippen LogP contribution in [0.3, 0.4) is 0 Å². The maximum atomic E-state index is 9.35. The summed E-state index contributed by atoms with van der Waals surface area (Å²) in [5.74, 6) is 3.21. The third-order valence-corrected chi connectivity index (χ3v) is 3.86. The number of aromatic hydroxyl groups is 1. The predicted octanol–water partition coefficient (Wildman–Crippen LogP) is 1.92. The molecule has 0 spiro atoms. The molecule has 1 heterocycles. The molecule has 0 amide bonds. The Morgan fingerprint density at radius 1 is 1.37 bits per heavy atom. The van der Waals surface area contributed by atoms with E-state index in [1.165, 1.54) is 0 Å². The molecule has 0 radical (unpaired) electrons. The number of hydrogen-bond donors (Lipinski definition) is 2. The van der Waals surface area contributed by atoms with Crippen molar-refractivity contribution >= 4 is 41.7 Å². The minimum atomic E-state index is 0. The number of thioether (sulfide) groups is 1. The topological polar surface area (TPSA) is 61.9 Å². The maximum absolute atomic E-state index is 9.35. The van der Waals surface area contributed by atoms with Crippen molar-refractivity contribution in [2.45, 2.75) is 6.42 Å². The average Bonchev–Trinajstić information content (AvgIpc) is 2.40. The van der Waals surface area contributed by atoms with Crippen LogP contribution in [-0.2, 0) is 6.42 Å². The molecule has 106 valence electrons. The number of aliphatic imine (C=N–C) groups is 1. The molecule has 0 bridgehead atoms. The first-order chi connectivity index (χ1) is 8.75. The lowest BCUT2D eigenvalue weighted by molar-refractivity contribution is 0.456. The zero-order chi connectivity index (χ0) is 12.8. The van der Waals surface area contributed by atoms with Crippen molar-refractivity contribution in [2.75, 3.05) is 31.1 Å². The Labute approximate surface area is 135 Å². The maximum Gasteiger partial charge on any atom is 0.191 e. The molecule has 0 atom stereocenters. The van der Waals surface area contributed by atoms with Crippen molar-refractivity contribution in [3.8, 4) is 5.75 Å². The van der Waals surface area contributed by atoms with E-state index in [0.29, 0.717) is 18.3 Å². The van der Waals surface area contributed by atoms with Crippen LogP contribution in [0.5, 0.6) is 5.75 Å². The van der Waals surface area contributed by atoms with E-state index < -0.39 is 0 Å². The fraction of sp³-hybridized carbons (Fsp3) is 0.462. The van der Waals surface area contributed by atoms with Gasteiger partial charge in [0, 0.05) is 31.1 Å². The van der Waals surface area contributed by atoms with Gasteiger partial charge in [0.1, 0.15) is 5.75 Å². The van der Waals surface area contributed by atoms with Crippen molar-refractivity contribution in [3.05, 3.63) is 29.8 Å². The summed E-state index contributed by atoms with van der Waals surface area (Å²) in [7, 11) is 0. The van der Waals surface area contributed by atoms with Crippen LogP contribution in [0.2, 0.25) is 0 Å². The Morgan fingerprint density at radius 3 is 2.79 bits per heavy atom. The average molecular weight is 393 g/mol. The van der Waals surface area contributed by atoms with E-state index in [1.54, 1.807) is 12.1 Å². The van der Waals surface area contributed by atoms with Crippen LogP contribution in [0, 0.1) is 0 Å². The largest absolute Gasteiger partial charge is 0.508 e. The normalized spacial score (nSPS) is 16.0. The quantitative estimate of drug-likeness (QED) is 0.468. The molecule has 1 fully saturated rings. The van der Waals surface area contributed by atoms with Crippen LogP contribution in [0.15, 0.2) is 29.3 Å². The Bertz CT molecular complexity index is 422. The van der Waals surface area contributed by atoms with Gasteiger partial charge < -0.3 is 15.7 Å². The van der Waals surface area contributed by atoms with Gasteiger partial charge in [-0.05, 0) is 24.1 Å². The standard InChI is InChI=1S/C13H19N3OS.HI/c14-13(16-6-8-18-9-7-16)15-5-4-11-2-1-3-12(17)10-11;/h1-3,10,17H,4-9H2,(H2,14,15);1H. The van der Waals surface area contributed by atoms with E-state index >= 15 is 0 Å². The highest BCUT2D eigenvalue weighted by Gasteiger charge is 2.11. The number of guanidine groups is 1. The van der Waals surface area contributed by atoms with Crippen LogP contribution >= 0.6 is 35.7 Å². The molecule has 0 aliphatic carbocycles. The Hall–Kier alpha value is -0.630. The molecule has 4 nitrogen and oxygen atoms in total. The zero-order valence-electron chi connectivity index (χ0n) is 10.8. The van der Waals surface area contributed by atoms with Gasteiger partial charge in [0.15, 0.2) is 5.96 Å². The molecule has 1 aliphatic rings. The predicted molar refractivity (Wildman–Crippen MR) is 92.6 cm³/mol. The molecule has 0 saturated carbocycles. The molecule has 1 aliphatic heterocycles. The zero-order valence-corrected chi connectivity index (χ0v) is 13.9. The lowest BCUT2D eigenvalue weighted by Crippen LogP contribution is -2.42. The lowest BCUT2D eigenvalue weighted by atomic mass is 10.1. The fourth-order valence-electron chi connectivity index (χ4n) is 1.90. The molecule has 6 heteroatoms. The SMILES string of the molecule is I.NC(=NCCc1cccc(O)c1)N1CCSCC1. The summed E-state index contributed by atoms with van der Waals surface area (Å²) in [5.41, 5.74) is 7.04. The van der Waals surface area contributed by atoms with Crippen LogP contribution in [-0.4, -0.2) is 47.1 Å². The molecule has 2 rings (SSSR count). The van der Waals surface area contributed by atoms with E-state index in [2.05, 4.69) is 9.89 Å². The molecule has 0 aromatic heterocycles. The molecular formula is C13H20IN3OS. The van der Waals surface area contributed by atoms with E-state index in [1.807, 2.05) is 23.9 Å². The number of benzene rings is 1. The number of rotatable bonds is 3. The van der Waals surface area contributed by atoms with Gasteiger partial charge in [-0.15, -0.1) is 24.0 Å². The summed E-state index contributed by atoms with van der Waals surface area (Å²) in [5, 5.41) is 9.35. The number of phenolic OH excluding ortho intramolecular Hbond substituents is 1. The second-order valence-electron chi connectivity index (χ2n) is 4.26. The highest BCUT2D eigenvalue weighted by atomic mass is 127. The van der Waals surface area contributed by atoms with Gasteiger partial charge in [0.05, 0.1) is 0 Å². The molecule has 3 N–H and O–H groups in total. The smallest absolute Gasteiger partial charge is 0.191 e. The first-order valence-corrected chi connectivity index (χ1v) is 7.32. The van der Waals surface area contributed by atoms with Crippen LogP contribution < -0.4 is 5.73 Å². The fourth-order valence-corrected chi connectivity index (χ4v) is 2.81. The molecule has 19 heavy (non-hydrogen) atoms. The highest BCUT2D eigenvalue weighted by Crippen LogP contribution is 2.11. The Balaban J connectivity index is 0.00000180. The van der Waals surface area contributed by atoms with Crippen molar-refractivity contribution in [3.63, 3.8) is 0 Å². The number of phenols is 1. The van der Waals surface area contributed by atoms with Crippen LogP contribution in [0.1, 0.15) is 5.56 Å². The van der Waals surface area contributed by atoms with E-state index in [4.69, 9.17) is 5.73 Å². The van der Waals surface area contributed by atoms with Gasteiger partial charge in [-0.2, -0.15) is 11.8 Å². The second kappa shape index (κ2) is 8.52. The van der Waals surface area contributed by atoms with Crippen molar-refractivity contribution in [1.82, 2.24) is 4.90 Å². The van der Waals surface area contributed by atoms with Crippen LogP contribution in [0.4, 0.5) is 0 Å². The highest BCUT2D eigenvalue weighted by molar-refractivity contribution is 14.0. The third kappa shape index (κ3) is 5.48. The minimum Gasteiger partial charge on any atom is -0.508 e. The monoisotopic (exact) mass is 393 g/mol. The lowest BCUT2D eigenvalue weighted by Gasteiger charge is -2.27. The molecule has 1 saturated heterocycles. The van der Waals surface area contributed by atoms with E-state index in [0.717, 1.165) is 36.6 Å². The van der Waals surface area contributed by atoms with Gasteiger partial charge >= 0.3 is 0 Å². The van der Waals surface area contributed by atoms with Gasteiger partial charge in [-0.3, -0.25) is 4.99 Å². The Morgan fingerprint density at radius 2 is 2.11 bits per heavy atom. The van der Waals surface area contributed by atoms with E-state index in [9.17, 15) is 5.11 Å². The first kappa shape index (κ1) is 16.4.